The van der Waals surface area contributed by atoms with Crippen LogP contribution in [-0.2, 0) is 9.59 Å². The number of nitrogens with one attached hydrogen (secondary N) is 1. The molecule has 0 spiro atoms. The number of amides is 2. The normalized spacial score (nSPS) is 18.0. The molecular weight excluding hydrogens is 220 g/mol. The summed E-state index contributed by atoms with van der Waals surface area (Å²) in [5.74, 6) is -0.191. The number of carbonyl (C=O) groups is 2. The van der Waals surface area contributed by atoms with Crippen LogP contribution in [0.3, 0.4) is 0 Å². The Bertz CT molecular complexity index is 273. The van der Waals surface area contributed by atoms with Crippen LogP contribution in [-0.4, -0.2) is 67.9 Å². The van der Waals surface area contributed by atoms with E-state index in [2.05, 4.69) is 10.2 Å². The Kier molecular flexibility index (Phi) is 5.37. The molecule has 1 aliphatic heterocycles. The minimum absolute atomic E-state index is 0.133. The van der Waals surface area contributed by atoms with E-state index in [1.165, 1.54) is 0 Å². The Morgan fingerprint density at radius 3 is 2.41 bits per heavy atom. The fraction of sp³-hybridized carbons (Fsp3) is 0.818. The molecule has 0 aromatic heterocycles. The van der Waals surface area contributed by atoms with Crippen LogP contribution in [0.25, 0.3) is 0 Å². The lowest BCUT2D eigenvalue weighted by molar-refractivity contribution is -0.130. The molecule has 6 heteroatoms. The molecule has 0 aliphatic carbocycles. The molecule has 1 fully saturated rings. The summed E-state index contributed by atoms with van der Waals surface area (Å²) < 4.78 is 0. The molecule has 0 radical (unpaired) electrons. The van der Waals surface area contributed by atoms with E-state index in [4.69, 9.17) is 5.73 Å². The molecule has 3 N–H and O–H groups in total. The van der Waals surface area contributed by atoms with E-state index >= 15 is 0 Å². The Hall–Kier alpha value is -1.14. The van der Waals surface area contributed by atoms with Crippen molar-refractivity contribution in [3.05, 3.63) is 0 Å². The predicted molar refractivity (Wildman–Crippen MR) is 65.4 cm³/mol. The molecule has 1 aliphatic rings. The van der Waals surface area contributed by atoms with E-state index in [1.54, 1.807) is 19.0 Å². The first-order chi connectivity index (χ1) is 7.99. The number of likely N-dealkylation sites (tertiary alicyclic amines) is 1. The van der Waals surface area contributed by atoms with Gasteiger partial charge in [-0.3, -0.25) is 14.5 Å². The molecule has 98 valence electrons. The number of rotatable bonds is 5. The van der Waals surface area contributed by atoms with Crippen molar-refractivity contribution in [1.29, 1.82) is 0 Å². The highest BCUT2D eigenvalue weighted by atomic mass is 16.2. The Morgan fingerprint density at radius 2 is 1.94 bits per heavy atom. The monoisotopic (exact) mass is 242 g/mol. The number of likely N-dealkylation sites (N-methyl/N-ethyl adjacent to an activating group) is 1. The molecule has 0 saturated carbocycles. The second kappa shape index (κ2) is 6.56. The maximum atomic E-state index is 11.5. The van der Waals surface area contributed by atoms with Crippen LogP contribution in [0.1, 0.15) is 12.8 Å². The number of piperidine rings is 1. The van der Waals surface area contributed by atoms with Crippen molar-refractivity contribution < 1.29 is 9.59 Å². The van der Waals surface area contributed by atoms with Gasteiger partial charge < -0.3 is 16.0 Å². The van der Waals surface area contributed by atoms with Crippen molar-refractivity contribution in [2.45, 2.75) is 18.9 Å². The molecule has 0 aromatic rings. The van der Waals surface area contributed by atoms with Crippen molar-refractivity contribution in [1.82, 2.24) is 15.1 Å². The van der Waals surface area contributed by atoms with Crippen LogP contribution in [0.2, 0.25) is 0 Å². The van der Waals surface area contributed by atoms with Crippen LogP contribution in [0.4, 0.5) is 0 Å². The first-order valence-electron chi connectivity index (χ1n) is 5.93. The third-order valence-corrected chi connectivity index (χ3v) is 3.01. The number of nitrogens with two attached hydrogens (primary N) is 1. The number of carbonyl (C=O) groups excluding carboxylic acids is 2. The number of hydrogen-bond acceptors (Lipinski definition) is 4. The highest BCUT2D eigenvalue weighted by Gasteiger charge is 2.21. The van der Waals surface area contributed by atoms with E-state index in [0.717, 1.165) is 25.9 Å². The fourth-order valence-electron chi connectivity index (χ4n) is 1.87. The van der Waals surface area contributed by atoms with Gasteiger partial charge in [0.05, 0.1) is 13.1 Å². The summed E-state index contributed by atoms with van der Waals surface area (Å²) in [4.78, 5) is 25.9. The lowest BCUT2D eigenvalue weighted by Gasteiger charge is -2.32. The van der Waals surface area contributed by atoms with Crippen LogP contribution in [0, 0.1) is 0 Å². The SMILES string of the molecule is CN(C)C(=O)CN1CCC(NCC(N)=O)CC1. The van der Waals surface area contributed by atoms with Gasteiger partial charge in [-0.15, -0.1) is 0 Å². The van der Waals surface area contributed by atoms with E-state index in [9.17, 15) is 9.59 Å². The summed E-state index contributed by atoms with van der Waals surface area (Å²) in [6.45, 7) is 2.49. The molecular formula is C11H22N4O2. The van der Waals surface area contributed by atoms with Crippen LogP contribution in [0.15, 0.2) is 0 Å². The van der Waals surface area contributed by atoms with Gasteiger partial charge in [0.2, 0.25) is 11.8 Å². The third-order valence-electron chi connectivity index (χ3n) is 3.01. The molecule has 0 bridgehead atoms. The number of primary amides is 1. The highest BCUT2D eigenvalue weighted by molar-refractivity contribution is 5.77. The molecule has 2 amide bonds. The summed E-state index contributed by atoms with van der Waals surface area (Å²) in [5, 5.41) is 3.12. The first-order valence-corrected chi connectivity index (χ1v) is 5.93. The molecule has 1 heterocycles. The lowest BCUT2D eigenvalue weighted by atomic mass is 10.1. The number of nitrogens with zero attached hydrogens (tertiary/aromatic N) is 2. The van der Waals surface area contributed by atoms with E-state index in [0.29, 0.717) is 12.6 Å². The van der Waals surface area contributed by atoms with Gasteiger partial charge in [0, 0.05) is 33.2 Å². The molecule has 17 heavy (non-hydrogen) atoms. The van der Waals surface area contributed by atoms with Gasteiger partial charge >= 0.3 is 0 Å². The van der Waals surface area contributed by atoms with Gasteiger partial charge in [-0.2, -0.15) is 0 Å². The van der Waals surface area contributed by atoms with Crippen molar-refractivity contribution >= 4 is 11.8 Å². The molecule has 0 atom stereocenters. The topological polar surface area (TPSA) is 78.7 Å². The zero-order chi connectivity index (χ0) is 12.8. The van der Waals surface area contributed by atoms with Crippen molar-refractivity contribution in [3.8, 4) is 0 Å². The minimum Gasteiger partial charge on any atom is -0.369 e. The van der Waals surface area contributed by atoms with Crippen LogP contribution >= 0.6 is 0 Å². The molecule has 6 nitrogen and oxygen atoms in total. The van der Waals surface area contributed by atoms with Crippen LogP contribution < -0.4 is 11.1 Å². The van der Waals surface area contributed by atoms with Gasteiger partial charge in [0.1, 0.15) is 0 Å². The van der Waals surface area contributed by atoms with E-state index in [-0.39, 0.29) is 18.4 Å². The standard InChI is InChI=1S/C11H22N4O2/c1-14(2)11(17)8-15-5-3-9(4-6-15)13-7-10(12)16/h9,13H,3-8H2,1-2H3,(H2,12,16). The van der Waals surface area contributed by atoms with Crippen molar-refractivity contribution in [2.24, 2.45) is 5.73 Å². The predicted octanol–water partition coefficient (Wildman–Crippen LogP) is -1.39. The summed E-state index contributed by atoms with van der Waals surface area (Å²) in [5.41, 5.74) is 5.07. The summed E-state index contributed by atoms with van der Waals surface area (Å²) in [6.07, 6.45) is 1.90. The molecule has 0 unspecified atom stereocenters. The quantitative estimate of drug-likeness (QED) is 0.622. The van der Waals surface area contributed by atoms with Crippen molar-refractivity contribution in [3.63, 3.8) is 0 Å². The van der Waals surface area contributed by atoms with Crippen molar-refractivity contribution in [2.75, 3.05) is 40.3 Å². The Morgan fingerprint density at radius 1 is 1.35 bits per heavy atom. The van der Waals surface area contributed by atoms with E-state index < -0.39 is 0 Å². The second-order valence-corrected chi connectivity index (χ2v) is 4.69. The van der Waals surface area contributed by atoms with Gasteiger partial charge in [-0.25, -0.2) is 0 Å². The van der Waals surface area contributed by atoms with Gasteiger partial charge in [0.25, 0.3) is 0 Å². The average molecular weight is 242 g/mol. The zero-order valence-corrected chi connectivity index (χ0v) is 10.6. The van der Waals surface area contributed by atoms with Gasteiger partial charge in [-0.1, -0.05) is 0 Å². The largest absolute Gasteiger partial charge is 0.369 e. The molecule has 1 saturated heterocycles. The molecule has 0 aromatic carbocycles. The van der Waals surface area contributed by atoms with Crippen LogP contribution in [0.5, 0.6) is 0 Å². The highest BCUT2D eigenvalue weighted by Crippen LogP contribution is 2.09. The van der Waals surface area contributed by atoms with Gasteiger partial charge in [0.15, 0.2) is 0 Å². The fourth-order valence-corrected chi connectivity index (χ4v) is 1.87. The smallest absolute Gasteiger partial charge is 0.236 e. The summed E-state index contributed by atoms with van der Waals surface area (Å²) in [6, 6.07) is 0.341. The Balaban J connectivity index is 2.21. The zero-order valence-electron chi connectivity index (χ0n) is 10.6. The van der Waals surface area contributed by atoms with Gasteiger partial charge in [-0.05, 0) is 12.8 Å². The molecule has 1 rings (SSSR count). The summed E-state index contributed by atoms with van der Waals surface area (Å²) >= 11 is 0. The Labute approximate surface area is 102 Å². The average Bonchev–Trinajstić information content (AvgIpc) is 2.28. The lowest BCUT2D eigenvalue weighted by Crippen LogP contribution is -2.47. The maximum absolute atomic E-state index is 11.5. The third kappa shape index (κ3) is 5.14. The second-order valence-electron chi connectivity index (χ2n) is 4.69. The summed E-state index contributed by atoms with van der Waals surface area (Å²) in [7, 11) is 3.53. The maximum Gasteiger partial charge on any atom is 0.236 e. The minimum atomic E-state index is -0.324. The van der Waals surface area contributed by atoms with E-state index in [1.807, 2.05) is 0 Å². The first kappa shape index (κ1) is 13.9. The number of hydrogen-bond donors (Lipinski definition) is 2.